The van der Waals surface area contributed by atoms with Gasteiger partial charge in [0, 0.05) is 35.6 Å². The summed E-state index contributed by atoms with van der Waals surface area (Å²) in [5, 5.41) is 0. The molecule has 0 radical (unpaired) electrons. The molecule has 1 saturated heterocycles. The van der Waals surface area contributed by atoms with Gasteiger partial charge in [-0.3, -0.25) is 0 Å². The molecule has 0 spiro atoms. The number of hydrogen-bond donors (Lipinski definition) is 0. The van der Waals surface area contributed by atoms with E-state index in [1.807, 2.05) is 12.4 Å². The Kier molecular flexibility index (Phi) is 3.96. The topological polar surface area (TPSA) is 32.3 Å². The van der Waals surface area contributed by atoms with Gasteiger partial charge in [0.05, 0.1) is 0 Å². The van der Waals surface area contributed by atoms with Crippen molar-refractivity contribution in [1.29, 1.82) is 0 Å². The van der Waals surface area contributed by atoms with Gasteiger partial charge in [-0.2, -0.15) is 0 Å². The van der Waals surface area contributed by atoms with Crippen molar-refractivity contribution in [3.63, 3.8) is 0 Å². The lowest BCUT2D eigenvalue weighted by Gasteiger charge is -2.25. The van der Waals surface area contributed by atoms with E-state index in [4.69, 9.17) is 0 Å². The number of likely N-dealkylation sites (tertiary alicyclic amines) is 1. The van der Waals surface area contributed by atoms with Crippen molar-refractivity contribution in [3.8, 4) is 0 Å². The highest BCUT2D eigenvalue weighted by Gasteiger charge is 2.22. The number of nitrogens with zero attached hydrogens (tertiary/aromatic N) is 4. The number of likely N-dealkylation sites (N-methyl/N-ethyl adjacent to an activating group) is 2. The summed E-state index contributed by atoms with van der Waals surface area (Å²) in [6.07, 6.45) is 6.31. The highest BCUT2D eigenvalue weighted by molar-refractivity contribution is 14.1. The molecule has 0 bridgehead atoms. The first-order valence-electron chi connectivity index (χ1n) is 5.56. The standard InChI is InChI=1S/C11H17IN4/c1-15-5-3-4-10(15)8-16(2)11-13-6-9(12)7-14-11/h6-7,10H,3-5,8H2,1-2H3. The lowest BCUT2D eigenvalue weighted by Crippen LogP contribution is -2.37. The molecular formula is C11H17IN4. The Morgan fingerprint density at radius 3 is 2.75 bits per heavy atom. The van der Waals surface area contributed by atoms with Crippen LogP contribution in [0, 0.1) is 3.57 Å². The Morgan fingerprint density at radius 1 is 1.50 bits per heavy atom. The van der Waals surface area contributed by atoms with E-state index < -0.39 is 0 Å². The summed E-state index contributed by atoms with van der Waals surface area (Å²) < 4.78 is 1.08. The van der Waals surface area contributed by atoms with Crippen molar-refractivity contribution < 1.29 is 0 Å². The third kappa shape index (κ3) is 2.82. The van der Waals surface area contributed by atoms with Crippen LogP contribution in [0.2, 0.25) is 0 Å². The SMILES string of the molecule is CN(CC1CCCN1C)c1ncc(I)cn1. The average molecular weight is 332 g/mol. The summed E-state index contributed by atoms with van der Waals surface area (Å²) in [4.78, 5) is 13.2. The fourth-order valence-corrected chi connectivity index (χ4v) is 2.39. The fraction of sp³-hybridized carbons (Fsp3) is 0.636. The zero-order valence-corrected chi connectivity index (χ0v) is 11.9. The molecule has 2 rings (SSSR count). The maximum atomic E-state index is 4.33. The molecule has 0 aromatic carbocycles. The highest BCUT2D eigenvalue weighted by Crippen LogP contribution is 2.17. The Labute approximate surface area is 110 Å². The molecule has 1 aromatic heterocycles. The van der Waals surface area contributed by atoms with Crippen molar-refractivity contribution in [1.82, 2.24) is 14.9 Å². The summed E-state index contributed by atoms with van der Waals surface area (Å²) in [6, 6.07) is 0.646. The van der Waals surface area contributed by atoms with Crippen LogP contribution in [0.15, 0.2) is 12.4 Å². The van der Waals surface area contributed by atoms with Crippen LogP contribution < -0.4 is 4.90 Å². The van der Waals surface area contributed by atoms with Crippen LogP contribution >= 0.6 is 22.6 Å². The first kappa shape index (κ1) is 12.0. The Bertz CT molecular complexity index is 340. The van der Waals surface area contributed by atoms with Gasteiger partial charge in [-0.1, -0.05) is 0 Å². The minimum Gasteiger partial charge on any atom is -0.342 e. The van der Waals surface area contributed by atoms with Crippen molar-refractivity contribution in [2.45, 2.75) is 18.9 Å². The van der Waals surface area contributed by atoms with Crippen molar-refractivity contribution in [3.05, 3.63) is 16.0 Å². The fourth-order valence-electron chi connectivity index (χ4n) is 2.11. The molecule has 0 amide bonds. The minimum atomic E-state index is 0.646. The molecule has 1 aliphatic heterocycles. The molecule has 0 N–H and O–H groups in total. The molecule has 0 saturated carbocycles. The molecule has 16 heavy (non-hydrogen) atoms. The van der Waals surface area contributed by atoms with Crippen LogP contribution in [0.4, 0.5) is 5.95 Å². The molecule has 1 fully saturated rings. The molecule has 2 heterocycles. The third-order valence-corrected chi connectivity index (χ3v) is 3.66. The lowest BCUT2D eigenvalue weighted by atomic mass is 10.2. The van der Waals surface area contributed by atoms with E-state index in [-0.39, 0.29) is 0 Å². The largest absolute Gasteiger partial charge is 0.342 e. The zero-order chi connectivity index (χ0) is 11.5. The van der Waals surface area contributed by atoms with E-state index in [9.17, 15) is 0 Å². The summed E-state index contributed by atoms with van der Waals surface area (Å²) in [5.74, 6) is 0.820. The van der Waals surface area contributed by atoms with E-state index in [0.717, 1.165) is 16.1 Å². The van der Waals surface area contributed by atoms with E-state index in [1.54, 1.807) is 0 Å². The maximum absolute atomic E-state index is 4.33. The maximum Gasteiger partial charge on any atom is 0.225 e. The van der Waals surface area contributed by atoms with E-state index in [1.165, 1.54) is 19.4 Å². The number of anilines is 1. The number of rotatable bonds is 3. The Hall–Kier alpha value is -0.430. The van der Waals surface area contributed by atoms with Gasteiger partial charge in [0.1, 0.15) is 0 Å². The van der Waals surface area contributed by atoms with Crippen molar-refractivity contribution in [2.24, 2.45) is 0 Å². The van der Waals surface area contributed by atoms with Gasteiger partial charge in [-0.15, -0.1) is 0 Å². The number of halogens is 1. The third-order valence-electron chi connectivity index (χ3n) is 3.10. The van der Waals surface area contributed by atoms with Crippen LogP contribution in [-0.4, -0.2) is 48.1 Å². The summed E-state index contributed by atoms with van der Waals surface area (Å²) in [6.45, 7) is 2.23. The van der Waals surface area contributed by atoms with Gasteiger partial charge in [-0.05, 0) is 49.0 Å². The summed E-state index contributed by atoms with van der Waals surface area (Å²) >= 11 is 2.22. The lowest BCUT2D eigenvalue weighted by molar-refractivity contribution is 0.313. The molecule has 88 valence electrons. The average Bonchev–Trinajstić information content (AvgIpc) is 2.65. The van der Waals surface area contributed by atoms with Crippen LogP contribution in [0.3, 0.4) is 0 Å². The van der Waals surface area contributed by atoms with E-state index >= 15 is 0 Å². The number of aromatic nitrogens is 2. The molecule has 1 atom stereocenters. The van der Waals surface area contributed by atoms with Crippen molar-refractivity contribution >= 4 is 28.5 Å². The second-order valence-corrected chi connectivity index (χ2v) is 5.60. The van der Waals surface area contributed by atoms with Crippen molar-refractivity contribution in [2.75, 3.05) is 32.1 Å². The molecular weight excluding hydrogens is 315 g/mol. The van der Waals surface area contributed by atoms with Crippen LogP contribution in [-0.2, 0) is 0 Å². The highest BCUT2D eigenvalue weighted by atomic mass is 127. The predicted octanol–water partition coefficient (Wildman–Crippen LogP) is 1.61. The van der Waals surface area contributed by atoms with Crippen LogP contribution in [0.1, 0.15) is 12.8 Å². The van der Waals surface area contributed by atoms with E-state index in [0.29, 0.717) is 6.04 Å². The van der Waals surface area contributed by atoms with Gasteiger partial charge in [0.2, 0.25) is 5.95 Å². The summed E-state index contributed by atoms with van der Waals surface area (Å²) in [5.41, 5.74) is 0. The predicted molar refractivity (Wildman–Crippen MR) is 73.7 cm³/mol. The van der Waals surface area contributed by atoms with Crippen LogP contribution in [0.25, 0.3) is 0 Å². The summed E-state index contributed by atoms with van der Waals surface area (Å²) in [7, 11) is 4.26. The molecule has 1 aromatic rings. The van der Waals surface area contributed by atoms with Gasteiger partial charge in [0.25, 0.3) is 0 Å². The molecule has 4 nitrogen and oxygen atoms in total. The molecule has 5 heteroatoms. The monoisotopic (exact) mass is 332 g/mol. The normalized spacial score (nSPS) is 21.3. The Morgan fingerprint density at radius 2 is 2.19 bits per heavy atom. The van der Waals surface area contributed by atoms with Gasteiger partial charge < -0.3 is 9.80 Å². The first-order valence-corrected chi connectivity index (χ1v) is 6.63. The molecule has 0 aliphatic carbocycles. The second kappa shape index (κ2) is 5.27. The Balaban J connectivity index is 1.97. The smallest absolute Gasteiger partial charge is 0.225 e. The first-order chi connectivity index (χ1) is 7.66. The van der Waals surface area contributed by atoms with E-state index in [2.05, 4.69) is 56.5 Å². The number of hydrogen-bond acceptors (Lipinski definition) is 4. The van der Waals surface area contributed by atoms with Gasteiger partial charge >= 0.3 is 0 Å². The second-order valence-electron chi connectivity index (χ2n) is 4.36. The van der Waals surface area contributed by atoms with Gasteiger partial charge in [-0.25, -0.2) is 9.97 Å². The van der Waals surface area contributed by atoms with Crippen LogP contribution in [0.5, 0.6) is 0 Å². The quantitative estimate of drug-likeness (QED) is 0.788. The van der Waals surface area contributed by atoms with Gasteiger partial charge in [0.15, 0.2) is 0 Å². The molecule has 1 aliphatic rings. The zero-order valence-electron chi connectivity index (χ0n) is 9.73. The molecule has 1 unspecified atom stereocenters. The minimum absolute atomic E-state index is 0.646.